The minimum Gasteiger partial charge on any atom is -0.352 e. The van der Waals surface area contributed by atoms with Gasteiger partial charge in [-0.3, -0.25) is 0 Å². The molecule has 3 heteroatoms. The van der Waals surface area contributed by atoms with E-state index in [1.54, 1.807) is 0 Å². The Morgan fingerprint density at radius 2 is 2.40 bits per heavy atom. The summed E-state index contributed by atoms with van der Waals surface area (Å²) in [5.41, 5.74) is 1.27. The van der Waals surface area contributed by atoms with Crippen molar-refractivity contribution in [1.29, 1.82) is 0 Å². The van der Waals surface area contributed by atoms with Crippen molar-refractivity contribution in [3.05, 3.63) is 36.0 Å². The summed E-state index contributed by atoms with van der Waals surface area (Å²) in [6, 6.07) is 4.13. The molecular formula is C12H17N3. The standard InChI is InChI=1S/C12H17N3/c1-13-10-11-6-5-7-14-12(11)15-8-3-2-4-9-15/h2-3,5-7,13H,4,8-10H2,1H3. The molecule has 0 amide bonds. The zero-order chi connectivity index (χ0) is 10.5. The molecule has 1 aromatic rings. The Labute approximate surface area is 90.8 Å². The van der Waals surface area contributed by atoms with Gasteiger partial charge in [0.2, 0.25) is 0 Å². The number of hydrogen-bond acceptors (Lipinski definition) is 3. The van der Waals surface area contributed by atoms with Crippen LogP contribution in [-0.4, -0.2) is 25.1 Å². The molecule has 1 aromatic heterocycles. The van der Waals surface area contributed by atoms with Crippen LogP contribution in [0.3, 0.4) is 0 Å². The highest BCUT2D eigenvalue weighted by molar-refractivity contribution is 5.47. The number of nitrogens with zero attached hydrogens (tertiary/aromatic N) is 2. The normalized spacial score (nSPS) is 15.7. The highest BCUT2D eigenvalue weighted by atomic mass is 15.2. The van der Waals surface area contributed by atoms with E-state index >= 15 is 0 Å². The Bertz CT molecular complexity index is 346. The van der Waals surface area contributed by atoms with Crippen LogP contribution >= 0.6 is 0 Å². The van der Waals surface area contributed by atoms with Crippen molar-refractivity contribution >= 4 is 5.82 Å². The quantitative estimate of drug-likeness (QED) is 0.756. The third-order valence-electron chi connectivity index (χ3n) is 2.59. The predicted molar refractivity (Wildman–Crippen MR) is 63.0 cm³/mol. The van der Waals surface area contributed by atoms with Crippen LogP contribution in [0.2, 0.25) is 0 Å². The van der Waals surface area contributed by atoms with Gasteiger partial charge in [0.25, 0.3) is 0 Å². The minimum absolute atomic E-state index is 0.878. The molecule has 0 aromatic carbocycles. The third kappa shape index (κ3) is 2.36. The first-order chi connectivity index (χ1) is 7.42. The van der Waals surface area contributed by atoms with E-state index in [4.69, 9.17) is 0 Å². The number of rotatable bonds is 3. The molecule has 0 bridgehead atoms. The van der Waals surface area contributed by atoms with E-state index in [1.165, 1.54) is 5.56 Å². The summed E-state index contributed by atoms with van der Waals surface area (Å²) in [5, 5.41) is 3.18. The second kappa shape index (κ2) is 4.94. The van der Waals surface area contributed by atoms with E-state index < -0.39 is 0 Å². The molecule has 0 unspecified atom stereocenters. The lowest BCUT2D eigenvalue weighted by Crippen LogP contribution is -2.29. The topological polar surface area (TPSA) is 28.2 Å². The van der Waals surface area contributed by atoms with Crippen molar-refractivity contribution in [2.45, 2.75) is 13.0 Å². The van der Waals surface area contributed by atoms with Crippen LogP contribution in [0.5, 0.6) is 0 Å². The first-order valence-corrected chi connectivity index (χ1v) is 5.40. The van der Waals surface area contributed by atoms with Crippen molar-refractivity contribution in [2.24, 2.45) is 0 Å². The Kier molecular flexibility index (Phi) is 3.35. The van der Waals surface area contributed by atoms with Crippen molar-refractivity contribution < 1.29 is 0 Å². The van der Waals surface area contributed by atoms with Gasteiger partial charge >= 0.3 is 0 Å². The molecule has 1 aliphatic heterocycles. The monoisotopic (exact) mass is 203 g/mol. The maximum absolute atomic E-state index is 4.47. The summed E-state index contributed by atoms with van der Waals surface area (Å²) < 4.78 is 0. The zero-order valence-electron chi connectivity index (χ0n) is 9.11. The fourth-order valence-corrected chi connectivity index (χ4v) is 1.88. The molecule has 2 rings (SSSR count). The Balaban J connectivity index is 2.21. The van der Waals surface area contributed by atoms with Gasteiger partial charge in [-0.25, -0.2) is 4.98 Å². The van der Waals surface area contributed by atoms with Gasteiger partial charge < -0.3 is 10.2 Å². The van der Waals surface area contributed by atoms with E-state index in [0.29, 0.717) is 0 Å². The molecule has 0 saturated heterocycles. The molecule has 3 nitrogen and oxygen atoms in total. The van der Waals surface area contributed by atoms with Crippen molar-refractivity contribution in [2.75, 3.05) is 25.0 Å². The van der Waals surface area contributed by atoms with Gasteiger partial charge in [0, 0.05) is 31.4 Å². The maximum atomic E-state index is 4.47. The largest absolute Gasteiger partial charge is 0.352 e. The number of aromatic nitrogens is 1. The van der Waals surface area contributed by atoms with E-state index in [1.807, 2.05) is 19.3 Å². The van der Waals surface area contributed by atoms with Gasteiger partial charge in [0.1, 0.15) is 5.82 Å². The molecule has 80 valence electrons. The summed E-state index contributed by atoms with van der Waals surface area (Å²) >= 11 is 0. The third-order valence-corrected chi connectivity index (χ3v) is 2.59. The van der Waals surface area contributed by atoms with E-state index in [-0.39, 0.29) is 0 Å². The van der Waals surface area contributed by atoms with Crippen molar-refractivity contribution in [1.82, 2.24) is 10.3 Å². The summed E-state index contributed by atoms with van der Waals surface area (Å²) in [4.78, 5) is 6.80. The highest BCUT2D eigenvalue weighted by Crippen LogP contribution is 2.18. The predicted octanol–water partition coefficient (Wildman–Crippen LogP) is 1.57. The van der Waals surface area contributed by atoms with E-state index in [0.717, 1.165) is 31.9 Å². The van der Waals surface area contributed by atoms with Gasteiger partial charge in [0.15, 0.2) is 0 Å². The lowest BCUT2D eigenvalue weighted by atomic mass is 10.2. The molecule has 0 atom stereocenters. The molecular weight excluding hydrogens is 186 g/mol. The number of pyridine rings is 1. The highest BCUT2D eigenvalue weighted by Gasteiger charge is 2.11. The van der Waals surface area contributed by atoms with Gasteiger partial charge in [-0.1, -0.05) is 18.2 Å². The Hall–Kier alpha value is -1.35. The second-order valence-corrected chi connectivity index (χ2v) is 3.72. The summed E-state index contributed by atoms with van der Waals surface area (Å²) in [6.07, 6.45) is 7.43. The Morgan fingerprint density at radius 1 is 1.47 bits per heavy atom. The van der Waals surface area contributed by atoms with Crippen LogP contribution in [0.25, 0.3) is 0 Å². The molecule has 1 aliphatic rings. The van der Waals surface area contributed by atoms with E-state index in [9.17, 15) is 0 Å². The summed E-state index contributed by atoms with van der Waals surface area (Å²) in [5.74, 6) is 1.12. The molecule has 0 spiro atoms. The average molecular weight is 203 g/mol. The molecule has 15 heavy (non-hydrogen) atoms. The minimum atomic E-state index is 0.878. The van der Waals surface area contributed by atoms with Crippen LogP contribution in [0, 0.1) is 0 Å². The molecule has 2 heterocycles. The fraction of sp³-hybridized carbons (Fsp3) is 0.417. The van der Waals surface area contributed by atoms with Gasteiger partial charge in [-0.2, -0.15) is 0 Å². The van der Waals surface area contributed by atoms with Crippen molar-refractivity contribution in [3.8, 4) is 0 Å². The number of nitrogens with one attached hydrogen (secondary N) is 1. The molecule has 0 aliphatic carbocycles. The van der Waals surface area contributed by atoms with Crippen LogP contribution < -0.4 is 10.2 Å². The van der Waals surface area contributed by atoms with Crippen LogP contribution in [0.15, 0.2) is 30.5 Å². The fourth-order valence-electron chi connectivity index (χ4n) is 1.88. The summed E-state index contributed by atoms with van der Waals surface area (Å²) in [6.45, 7) is 2.93. The molecule has 0 saturated carbocycles. The second-order valence-electron chi connectivity index (χ2n) is 3.72. The lowest BCUT2D eigenvalue weighted by molar-refractivity contribution is 0.768. The van der Waals surface area contributed by atoms with E-state index in [2.05, 4.69) is 33.4 Å². The van der Waals surface area contributed by atoms with Gasteiger partial charge in [0.05, 0.1) is 0 Å². The number of anilines is 1. The smallest absolute Gasteiger partial charge is 0.133 e. The Morgan fingerprint density at radius 3 is 3.13 bits per heavy atom. The van der Waals surface area contributed by atoms with Crippen molar-refractivity contribution in [3.63, 3.8) is 0 Å². The molecule has 1 N–H and O–H groups in total. The zero-order valence-corrected chi connectivity index (χ0v) is 9.11. The van der Waals surface area contributed by atoms with Crippen LogP contribution in [-0.2, 0) is 6.54 Å². The van der Waals surface area contributed by atoms with Gasteiger partial charge in [-0.15, -0.1) is 0 Å². The average Bonchev–Trinajstić information content (AvgIpc) is 2.31. The molecule has 0 fully saturated rings. The SMILES string of the molecule is CNCc1cccnc1N1CC=CCC1. The van der Waals surface area contributed by atoms with Crippen LogP contribution in [0.1, 0.15) is 12.0 Å². The van der Waals surface area contributed by atoms with Crippen LogP contribution in [0.4, 0.5) is 5.82 Å². The molecule has 0 radical (unpaired) electrons. The van der Waals surface area contributed by atoms with Gasteiger partial charge in [-0.05, 0) is 19.5 Å². The maximum Gasteiger partial charge on any atom is 0.133 e. The first-order valence-electron chi connectivity index (χ1n) is 5.40. The first kappa shape index (κ1) is 10.2. The lowest BCUT2D eigenvalue weighted by Gasteiger charge is -2.26. The summed E-state index contributed by atoms with van der Waals surface area (Å²) in [7, 11) is 1.97. The number of hydrogen-bond donors (Lipinski definition) is 1.